The number of aryl methyl sites for hydroxylation is 3. The number of amides is 2. The van der Waals surface area contributed by atoms with Gasteiger partial charge in [0.25, 0.3) is 5.91 Å². The monoisotopic (exact) mass is 368 g/mol. The molecular weight excluding hydrogens is 344 g/mol. The Balaban J connectivity index is 1.40. The largest absolute Gasteiger partial charge is 0.355 e. The van der Waals surface area contributed by atoms with Crippen molar-refractivity contribution < 1.29 is 9.59 Å². The van der Waals surface area contributed by atoms with Crippen LogP contribution in [-0.4, -0.2) is 44.2 Å². The van der Waals surface area contributed by atoms with Gasteiger partial charge in [-0.2, -0.15) is 5.10 Å². The average Bonchev–Trinajstić information content (AvgIpc) is 3.26. The second kappa shape index (κ2) is 8.48. The van der Waals surface area contributed by atoms with Gasteiger partial charge < -0.3 is 15.2 Å². The fourth-order valence-corrected chi connectivity index (χ4v) is 2.95. The summed E-state index contributed by atoms with van der Waals surface area (Å²) in [6, 6.07) is 9.66. The highest BCUT2D eigenvalue weighted by molar-refractivity contribution is 5.95. The predicted molar refractivity (Wildman–Crippen MR) is 102 cm³/mol. The smallest absolute Gasteiger partial charge is 0.269 e. The molecule has 0 radical (unpaired) electrons. The van der Waals surface area contributed by atoms with E-state index in [4.69, 9.17) is 0 Å². The van der Waals surface area contributed by atoms with Gasteiger partial charge in [-0.25, -0.2) is 4.98 Å². The Hall–Kier alpha value is -3.16. The number of fused-ring (bicyclic) bond motifs is 1. The van der Waals surface area contributed by atoms with Gasteiger partial charge in [-0.1, -0.05) is 12.1 Å². The summed E-state index contributed by atoms with van der Waals surface area (Å²) in [7, 11) is 0. The molecule has 0 fully saturated rings. The van der Waals surface area contributed by atoms with Crippen LogP contribution in [0.3, 0.4) is 0 Å². The van der Waals surface area contributed by atoms with Gasteiger partial charge in [0.05, 0.1) is 29.6 Å². The first-order chi connectivity index (χ1) is 13.1. The van der Waals surface area contributed by atoms with E-state index >= 15 is 0 Å². The number of hydrogen-bond acceptors (Lipinski definition) is 4. The zero-order chi connectivity index (χ0) is 19.2. The topological polar surface area (TPSA) is 93.8 Å². The molecule has 142 valence electrons. The molecule has 0 spiro atoms. The highest BCUT2D eigenvalue weighted by atomic mass is 16.2. The van der Waals surface area contributed by atoms with Crippen molar-refractivity contribution in [2.75, 3.05) is 13.1 Å². The SMILES string of the molecule is CCn1nc(C)cc1C(=O)NCC(=O)NCCCn1cnc2ccccc21. The minimum Gasteiger partial charge on any atom is -0.355 e. The lowest BCUT2D eigenvalue weighted by atomic mass is 10.3. The third kappa shape index (κ3) is 4.52. The van der Waals surface area contributed by atoms with Gasteiger partial charge in [0.1, 0.15) is 5.69 Å². The lowest BCUT2D eigenvalue weighted by molar-refractivity contribution is -0.120. The molecule has 1 aromatic carbocycles. The average molecular weight is 368 g/mol. The number of rotatable bonds is 8. The van der Waals surface area contributed by atoms with Crippen molar-refractivity contribution in [3.63, 3.8) is 0 Å². The van der Waals surface area contributed by atoms with Crippen molar-refractivity contribution in [3.8, 4) is 0 Å². The number of carbonyl (C=O) groups excluding carboxylic acids is 2. The molecule has 3 rings (SSSR count). The van der Waals surface area contributed by atoms with Crippen LogP contribution in [0.15, 0.2) is 36.7 Å². The van der Waals surface area contributed by atoms with E-state index in [0.717, 1.165) is 29.7 Å². The molecule has 27 heavy (non-hydrogen) atoms. The van der Waals surface area contributed by atoms with Crippen molar-refractivity contribution in [1.29, 1.82) is 0 Å². The number of aromatic nitrogens is 4. The van der Waals surface area contributed by atoms with Crippen LogP contribution in [0.4, 0.5) is 0 Å². The number of nitrogens with one attached hydrogen (secondary N) is 2. The first-order valence-corrected chi connectivity index (χ1v) is 9.07. The molecule has 2 N–H and O–H groups in total. The summed E-state index contributed by atoms with van der Waals surface area (Å²) in [6.45, 7) is 5.60. The van der Waals surface area contributed by atoms with Crippen LogP contribution in [0.25, 0.3) is 11.0 Å². The molecule has 8 nitrogen and oxygen atoms in total. The van der Waals surface area contributed by atoms with Crippen LogP contribution in [0.1, 0.15) is 29.5 Å². The van der Waals surface area contributed by atoms with Crippen molar-refractivity contribution in [1.82, 2.24) is 30.0 Å². The number of carbonyl (C=O) groups is 2. The highest BCUT2D eigenvalue weighted by Gasteiger charge is 2.13. The van der Waals surface area contributed by atoms with E-state index in [9.17, 15) is 9.59 Å². The zero-order valence-electron chi connectivity index (χ0n) is 15.6. The maximum Gasteiger partial charge on any atom is 0.269 e. The van der Waals surface area contributed by atoms with Crippen LogP contribution in [-0.2, 0) is 17.9 Å². The maximum atomic E-state index is 12.2. The fourth-order valence-electron chi connectivity index (χ4n) is 2.95. The quantitative estimate of drug-likeness (QED) is 0.589. The maximum absolute atomic E-state index is 12.2. The van der Waals surface area contributed by atoms with Gasteiger partial charge in [-0.15, -0.1) is 0 Å². The van der Waals surface area contributed by atoms with Crippen molar-refractivity contribution in [2.45, 2.75) is 33.4 Å². The molecule has 0 aliphatic carbocycles. The van der Waals surface area contributed by atoms with Gasteiger partial charge in [0.15, 0.2) is 0 Å². The second-order valence-electron chi connectivity index (χ2n) is 6.30. The van der Waals surface area contributed by atoms with Crippen molar-refractivity contribution >= 4 is 22.8 Å². The van der Waals surface area contributed by atoms with Gasteiger partial charge in [-0.3, -0.25) is 14.3 Å². The van der Waals surface area contributed by atoms with E-state index in [0.29, 0.717) is 18.8 Å². The van der Waals surface area contributed by atoms with E-state index in [1.54, 1.807) is 10.7 Å². The highest BCUT2D eigenvalue weighted by Crippen LogP contribution is 2.11. The summed E-state index contributed by atoms with van der Waals surface area (Å²) in [5.41, 5.74) is 3.29. The Morgan fingerprint density at radius 3 is 2.81 bits per heavy atom. The van der Waals surface area contributed by atoms with Crippen molar-refractivity contribution in [2.24, 2.45) is 0 Å². The number of hydrogen-bond donors (Lipinski definition) is 2. The Bertz CT molecular complexity index is 943. The third-order valence-corrected chi connectivity index (χ3v) is 4.27. The van der Waals surface area contributed by atoms with Crippen LogP contribution in [0.2, 0.25) is 0 Å². The van der Waals surface area contributed by atoms with Gasteiger partial charge in [0.2, 0.25) is 5.91 Å². The lowest BCUT2D eigenvalue weighted by Gasteiger charge is -2.08. The minimum atomic E-state index is -0.294. The summed E-state index contributed by atoms with van der Waals surface area (Å²) in [6.07, 6.45) is 2.59. The molecule has 0 aliphatic heterocycles. The number of nitrogens with zero attached hydrogens (tertiary/aromatic N) is 4. The molecule has 0 unspecified atom stereocenters. The standard InChI is InChI=1S/C19H24N6O2/c1-3-25-17(11-14(2)23-25)19(27)21-12-18(26)20-9-6-10-24-13-22-15-7-4-5-8-16(15)24/h4-5,7-8,11,13H,3,6,9-10,12H2,1-2H3,(H,20,26)(H,21,27). The van der Waals surface area contributed by atoms with Gasteiger partial charge in [0, 0.05) is 19.6 Å². The van der Waals surface area contributed by atoms with Crippen LogP contribution >= 0.6 is 0 Å². The number of benzene rings is 1. The molecule has 8 heteroatoms. The summed E-state index contributed by atoms with van der Waals surface area (Å²) in [5.74, 6) is -0.504. The molecule has 0 aliphatic rings. The van der Waals surface area contributed by atoms with E-state index in [2.05, 4.69) is 25.3 Å². The summed E-state index contributed by atoms with van der Waals surface area (Å²) in [5, 5.41) is 9.69. The Kier molecular flexibility index (Phi) is 5.85. The molecule has 2 aromatic heterocycles. The first kappa shape index (κ1) is 18.6. The number of para-hydroxylation sites is 2. The molecule has 2 heterocycles. The number of imidazole rings is 1. The minimum absolute atomic E-state index is 0.0548. The Labute approximate surface area is 157 Å². The molecule has 0 atom stereocenters. The first-order valence-electron chi connectivity index (χ1n) is 9.07. The van der Waals surface area contributed by atoms with Crippen LogP contribution < -0.4 is 10.6 Å². The van der Waals surface area contributed by atoms with Gasteiger partial charge in [-0.05, 0) is 38.5 Å². The van der Waals surface area contributed by atoms with E-state index in [1.165, 1.54) is 0 Å². The fraction of sp³-hybridized carbons (Fsp3) is 0.368. The summed E-state index contributed by atoms with van der Waals surface area (Å²) >= 11 is 0. The third-order valence-electron chi connectivity index (χ3n) is 4.27. The van der Waals surface area contributed by atoms with E-state index < -0.39 is 0 Å². The molecular formula is C19H24N6O2. The molecule has 0 bridgehead atoms. The Morgan fingerprint density at radius 1 is 1.19 bits per heavy atom. The van der Waals surface area contributed by atoms with E-state index in [1.807, 2.05) is 44.4 Å². The van der Waals surface area contributed by atoms with E-state index in [-0.39, 0.29) is 18.4 Å². The summed E-state index contributed by atoms with van der Waals surface area (Å²) < 4.78 is 3.69. The molecule has 2 amide bonds. The van der Waals surface area contributed by atoms with Crippen LogP contribution in [0.5, 0.6) is 0 Å². The molecule has 0 saturated heterocycles. The van der Waals surface area contributed by atoms with Gasteiger partial charge >= 0.3 is 0 Å². The zero-order valence-corrected chi connectivity index (χ0v) is 15.6. The lowest BCUT2D eigenvalue weighted by Crippen LogP contribution is -2.38. The van der Waals surface area contributed by atoms with Crippen LogP contribution in [0, 0.1) is 6.92 Å². The Morgan fingerprint density at radius 2 is 2.00 bits per heavy atom. The summed E-state index contributed by atoms with van der Waals surface area (Å²) in [4.78, 5) is 28.5. The molecule has 3 aromatic rings. The normalized spacial score (nSPS) is 10.9. The predicted octanol–water partition coefficient (Wildman–Crippen LogP) is 1.50. The van der Waals surface area contributed by atoms with Crippen molar-refractivity contribution in [3.05, 3.63) is 48.0 Å². The second-order valence-corrected chi connectivity index (χ2v) is 6.30. The molecule has 0 saturated carbocycles.